The molecule has 0 saturated carbocycles. The molecule has 0 aromatic heterocycles. The van der Waals surface area contributed by atoms with E-state index in [1.54, 1.807) is 5.32 Å². The molecule has 0 fully saturated rings. The van der Waals surface area contributed by atoms with Gasteiger partial charge in [-0.25, -0.2) is 0 Å². The van der Waals surface area contributed by atoms with Crippen LogP contribution >= 0.6 is 15.2 Å². The molecule has 0 radical (unpaired) electrons. The maximum atomic E-state index is 10.0. The normalized spacial score (nSPS) is 11.0. The van der Waals surface area contributed by atoms with Crippen LogP contribution in [0.4, 0.5) is 0 Å². The number of nitrogens with one attached hydrogen (secondary N) is 1. The largest absolute Gasteiger partial charge is 2.00 e. The molecule has 0 saturated heterocycles. The molecule has 12 heteroatoms. The molecule has 0 heterocycles. The Labute approximate surface area is 95.4 Å². The van der Waals surface area contributed by atoms with Gasteiger partial charge in [-0.3, -0.25) is 0 Å². The molecule has 0 bridgehead atoms. The molecule has 0 atom stereocenters. The van der Waals surface area contributed by atoms with Crippen LogP contribution < -0.4 is 37.2 Å². The van der Waals surface area contributed by atoms with Crippen LogP contribution in [-0.2, 0) is 30.2 Å². The van der Waals surface area contributed by atoms with Gasteiger partial charge in [-0.05, 0) is 22.2 Å². The van der Waals surface area contributed by atoms with Crippen LogP contribution in [0, 0.1) is 0 Å². The van der Waals surface area contributed by atoms with E-state index in [0.717, 1.165) is 7.05 Å². The van der Waals surface area contributed by atoms with E-state index >= 15 is 0 Å². The fourth-order valence-electron chi connectivity index (χ4n) is 0.489. The monoisotopic (exact) mass is 430 g/mol. The third kappa shape index (κ3) is 8.20. The maximum absolute atomic E-state index is 10.0. The average molecular weight is 430 g/mol. The number of hydrogen-bond acceptors (Lipinski definition) is 9. The fourth-order valence-corrected chi connectivity index (χ4v) is 2.51. The molecule has 7 N–H and O–H groups in total. The van der Waals surface area contributed by atoms with Crippen LogP contribution in [0.2, 0.25) is 0 Å². The number of hydrogen-bond donors (Lipinski definition) is 3. The van der Waals surface area contributed by atoms with Crippen molar-refractivity contribution in [2.45, 2.75) is 5.52 Å². The molecule has 0 rings (SSSR count). The van der Waals surface area contributed by atoms with E-state index in [-0.39, 0.29) is 33.4 Å². The van der Waals surface area contributed by atoms with Crippen LogP contribution in [0.3, 0.4) is 0 Å². The second-order valence-electron chi connectivity index (χ2n) is 1.74. The summed E-state index contributed by atoms with van der Waals surface area (Å²) in [5.41, 5.74) is -2.55. The van der Waals surface area contributed by atoms with Crippen molar-refractivity contribution in [3.05, 3.63) is 0 Å². The summed E-state index contributed by atoms with van der Waals surface area (Å²) >= 11 is 0. The Morgan fingerprint density at radius 2 is 1.21 bits per heavy atom. The molecular formula is C2H11N3O6P2Pt-2. The molecular weight excluding hydrogens is 419 g/mol. The summed E-state index contributed by atoms with van der Waals surface area (Å²) in [6.07, 6.45) is 0. The summed E-state index contributed by atoms with van der Waals surface area (Å²) in [5.74, 6) is 0. The van der Waals surface area contributed by atoms with Crippen molar-refractivity contribution in [2.24, 2.45) is 0 Å². The second-order valence-corrected chi connectivity index (χ2v) is 5.34. The summed E-state index contributed by atoms with van der Waals surface area (Å²) in [4.78, 5) is 40.2. The van der Waals surface area contributed by atoms with E-state index in [2.05, 4.69) is 0 Å². The van der Waals surface area contributed by atoms with Gasteiger partial charge in [-0.1, -0.05) is 0 Å². The summed E-state index contributed by atoms with van der Waals surface area (Å²) in [5, 5.41) is 1.61. The molecule has 0 aromatic carbocycles. The minimum absolute atomic E-state index is 0. The van der Waals surface area contributed by atoms with Crippen LogP contribution in [0.15, 0.2) is 0 Å². The maximum Gasteiger partial charge on any atom is 2.00 e. The van der Waals surface area contributed by atoms with E-state index in [9.17, 15) is 28.7 Å². The Bertz CT molecular complexity index is 203. The molecule has 0 amide bonds. The Morgan fingerprint density at radius 1 is 1.00 bits per heavy atom. The van der Waals surface area contributed by atoms with Crippen LogP contribution in [0.25, 0.3) is 0 Å². The summed E-state index contributed by atoms with van der Waals surface area (Å²) in [6.45, 7) is 0. The Hall–Kier alpha value is 0.868. The third-order valence-electron chi connectivity index (χ3n) is 0.857. The average Bonchev–Trinajstić information content (AvgIpc) is 1.56. The molecule has 14 heavy (non-hydrogen) atoms. The van der Waals surface area contributed by atoms with Gasteiger partial charge >= 0.3 is 21.1 Å². The molecule has 0 aromatic rings. The van der Waals surface area contributed by atoms with Crippen molar-refractivity contribution in [2.75, 3.05) is 7.05 Å². The van der Waals surface area contributed by atoms with Gasteiger partial charge < -0.3 is 46.3 Å². The molecule has 0 aliphatic carbocycles. The number of rotatable bonds is 3. The Balaban J connectivity index is -0.000000167. The SMILES string of the molecule is CNC(P(=O)([O-])[O-])P(=O)([O-])[O-].N.N.[Pt+2]. The van der Waals surface area contributed by atoms with Gasteiger partial charge in [0.25, 0.3) is 0 Å². The first kappa shape index (κ1) is 24.2. The first-order chi connectivity index (χ1) is 4.69. The van der Waals surface area contributed by atoms with E-state index in [1.807, 2.05) is 0 Å². The van der Waals surface area contributed by atoms with Gasteiger partial charge in [0.15, 0.2) is 0 Å². The molecule has 92 valence electrons. The molecule has 0 unspecified atom stereocenters. The smallest absolute Gasteiger partial charge is 0.809 e. The van der Waals surface area contributed by atoms with Crippen LogP contribution in [0.5, 0.6) is 0 Å². The quantitative estimate of drug-likeness (QED) is 0.381. The Kier molecular flexibility index (Phi) is 14.0. The van der Waals surface area contributed by atoms with Crippen molar-refractivity contribution < 1.29 is 49.8 Å². The first-order valence-corrected chi connectivity index (χ1v) is 5.62. The minimum atomic E-state index is -5.40. The predicted molar refractivity (Wildman–Crippen MR) is 38.1 cm³/mol. The van der Waals surface area contributed by atoms with Gasteiger partial charge in [0.2, 0.25) is 0 Å². The zero-order valence-electron chi connectivity index (χ0n) is 7.15. The second kappa shape index (κ2) is 8.07. The van der Waals surface area contributed by atoms with Crippen molar-refractivity contribution in [1.82, 2.24) is 17.6 Å². The van der Waals surface area contributed by atoms with Crippen LogP contribution in [-0.4, -0.2) is 12.6 Å². The van der Waals surface area contributed by atoms with Gasteiger partial charge in [0.1, 0.15) is 0 Å². The van der Waals surface area contributed by atoms with E-state index < -0.39 is 20.7 Å². The van der Waals surface area contributed by atoms with Gasteiger partial charge in [-0.2, -0.15) is 0 Å². The van der Waals surface area contributed by atoms with Gasteiger partial charge in [0, 0.05) is 0 Å². The molecule has 0 aliphatic rings. The molecule has 9 nitrogen and oxygen atoms in total. The first-order valence-electron chi connectivity index (χ1n) is 2.40. The van der Waals surface area contributed by atoms with Crippen molar-refractivity contribution in [3.8, 4) is 0 Å². The van der Waals surface area contributed by atoms with Gasteiger partial charge in [-0.15, -0.1) is 0 Å². The Morgan fingerprint density at radius 3 is 1.21 bits per heavy atom. The third-order valence-corrected chi connectivity index (χ3v) is 4.27. The zero-order chi connectivity index (χ0) is 9.28. The van der Waals surface area contributed by atoms with Gasteiger partial charge in [0.05, 0.1) is 5.52 Å². The fraction of sp³-hybridized carbons (Fsp3) is 1.00. The van der Waals surface area contributed by atoms with E-state index in [0.29, 0.717) is 0 Å². The standard InChI is InChI=1S/C2H9NO6P2.2H3N.Pt/c1-3-2(10(4,5)6)11(7,8)9;;;/h2-3H,1H3,(H2,4,5,6)(H2,7,8,9);2*1H3;/q;;;+2/p-4. The zero-order valence-corrected chi connectivity index (χ0v) is 11.2. The molecule has 0 spiro atoms. The molecule has 0 aliphatic heterocycles. The van der Waals surface area contributed by atoms with Crippen LogP contribution in [0.1, 0.15) is 0 Å². The minimum Gasteiger partial charge on any atom is -0.809 e. The van der Waals surface area contributed by atoms with Crippen molar-refractivity contribution in [3.63, 3.8) is 0 Å². The summed E-state index contributed by atoms with van der Waals surface area (Å²) in [6, 6.07) is 0. The van der Waals surface area contributed by atoms with Crippen molar-refractivity contribution >= 4 is 15.2 Å². The topological polar surface area (TPSA) is 208 Å². The predicted octanol–water partition coefficient (Wildman–Crippen LogP) is -3.36. The van der Waals surface area contributed by atoms with E-state index in [4.69, 9.17) is 0 Å². The summed E-state index contributed by atoms with van der Waals surface area (Å²) < 4.78 is 20.1. The van der Waals surface area contributed by atoms with E-state index in [1.165, 1.54) is 0 Å². The van der Waals surface area contributed by atoms with Crippen molar-refractivity contribution in [1.29, 1.82) is 0 Å². The summed E-state index contributed by atoms with van der Waals surface area (Å²) in [7, 11) is -9.89.